The highest BCUT2D eigenvalue weighted by Crippen LogP contribution is 2.25. The van der Waals surface area contributed by atoms with Gasteiger partial charge in [0.25, 0.3) is 5.91 Å². The van der Waals surface area contributed by atoms with E-state index >= 15 is 0 Å². The Morgan fingerprint density at radius 3 is 2.41 bits per heavy atom. The number of anilines is 3. The molecule has 0 saturated carbocycles. The summed E-state index contributed by atoms with van der Waals surface area (Å²) in [5, 5.41) is 12.7. The van der Waals surface area contributed by atoms with Crippen LogP contribution in [0.15, 0.2) is 83.4 Å². The molecule has 4 aromatic rings. The lowest BCUT2D eigenvalue weighted by atomic mass is 10.1. The number of urea groups is 1. The molecule has 3 N–H and O–H groups in total. The number of carbonyl (C=O) groups is 2. The van der Waals surface area contributed by atoms with Gasteiger partial charge < -0.3 is 20.5 Å². The first kappa shape index (κ1) is 21.1. The van der Waals surface area contributed by atoms with E-state index in [-0.39, 0.29) is 11.7 Å². The molecule has 3 aromatic carbocycles. The Bertz CT molecular complexity index is 1270. The molecule has 0 aliphatic carbocycles. The Balaban J connectivity index is 1.45. The molecule has 160 valence electrons. The van der Waals surface area contributed by atoms with E-state index < -0.39 is 5.91 Å². The number of aryl methyl sites for hydroxylation is 1. The second-order valence-electron chi connectivity index (χ2n) is 7.02. The Hall–Kier alpha value is -4.10. The summed E-state index contributed by atoms with van der Waals surface area (Å²) in [6.07, 6.45) is 0. The smallest absolute Gasteiger partial charge is 0.323 e. The van der Waals surface area contributed by atoms with E-state index in [2.05, 4.69) is 21.1 Å². The molecule has 1 aromatic heterocycles. The summed E-state index contributed by atoms with van der Waals surface area (Å²) >= 11 is 6.01. The van der Waals surface area contributed by atoms with Crippen LogP contribution in [0.2, 0.25) is 5.02 Å². The highest BCUT2D eigenvalue weighted by atomic mass is 35.5. The van der Waals surface area contributed by atoms with Crippen molar-refractivity contribution in [2.75, 3.05) is 16.0 Å². The van der Waals surface area contributed by atoms with Crippen molar-refractivity contribution in [1.29, 1.82) is 0 Å². The number of hydrogen-bond donors (Lipinski definition) is 3. The average Bonchev–Trinajstić information content (AvgIpc) is 3.27. The van der Waals surface area contributed by atoms with Crippen LogP contribution in [-0.4, -0.2) is 17.1 Å². The number of carbonyl (C=O) groups excluding carboxylic acids is 2. The molecule has 8 heteroatoms. The molecule has 0 bridgehead atoms. The van der Waals surface area contributed by atoms with Gasteiger partial charge in [0.1, 0.15) is 0 Å². The molecule has 3 amide bonds. The SMILES string of the molecule is Cc1ccc(NC(=O)Nc2ccccc2)cc1NC(=O)c1cc(-c2cccc(Cl)c2)on1. The number of hydrogen-bond acceptors (Lipinski definition) is 4. The lowest BCUT2D eigenvalue weighted by Gasteiger charge is -2.11. The standard InChI is InChI=1S/C24H19ClN4O3/c1-15-10-11-19(27-24(31)26-18-8-3-2-4-9-18)13-20(15)28-23(30)21-14-22(32-29-21)16-6-5-7-17(25)12-16/h2-14H,1H3,(H,28,30)(H2,26,27,31). The maximum atomic E-state index is 12.7. The molecule has 0 fully saturated rings. The summed E-state index contributed by atoms with van der Waals surface area (Å²) in [5.74, 6) is -0.00149. The van der Waals surface area contributed by atoms with Crippen molar-refractivity contribution < 1.29 is 14.1 Å². The third-order valence-electron chi connectivity index (χ3n) is 4.63. The molecule has 4 rings (SSSR count). The molecule has 0 aliphatic heterocycles. The van der Waals surface area contributed by atoms with E-state index in [1.807, 2.05) is 31.2 Å². The van der Waals surface area contributed by atoms with Crippen LogP contribution >= 0.6 is 11.6 Å². The summed E-state index contributed by atoms with van der Waals surface area (Å²) in [4.78, 5) is 24.9. The second kappa shape index (κ2) is 9.36. The molecule has 7 nitrogen and oxygen atoms in total. The third-order valence-corrected chi connectivity index (χ3v) is 4.86. The van der Waals surface area contributed by atoms with Gasteiger partial charge >= 0.3 is 6.03 Å². The largest absolute Gasteiger partial charge is 0.355 e. The van der Waals surface area contributed by atoms with E-state index in [1.54, 1.807) is 54.6 Å². The molecule has 0 unspecified atom stereocenters. The van der Waals surface area contributed by atoms with Gasteiger partial charge in [0.05, 0.1) is 0 Å². The Morgan fingerprint density at radius 1 is 0.844 bits per heavy atom. The van der Waals surface area contributed by atoms with Crippen molar-refractivity contribution >= 4 is 40.6 Å². The van der Waals surface area contributed by atoms with E-state index in [9.17, 15) is 9.59 Å². The molecular weight excluding hydrogens is 428 g/mol. The van der Waals surface area contributed by atoms with Crippen LogP contribution in [-0.2, 0) is 0 Å². The minimum Gasteiger partial charge on any atom is -0.355 e. The zero-order chi connectivity index (χ0) is 22.5. The minimum atomic E-state index is -0.434. The minimum absolute atomic E-state index is 0.125. The van der Waals surface area contributed by atoms with Gasteiger partial charge in [0.2, 0.25) is 0 Å². The van der Waals surface area contributed by atoms with Gasteiger partial charge in [-0.25, -0.2) is 4.79 Å². The summed E-state index contributed by atoms with van der Waals surface area (Å²) in [7, 11) is 0. The van der Waals surface area contributed by atoms with Crippen molar-refractivity contribution in [2.45, 2.75) is 6.92 Å². The van der Waals surface area contributed by atoms with E-state index in [1.165, 1.54) is 0 Å². The van der Waals surface area contributed by atoms with Crippen molar-refractivity contribution in [3.05, 3.63) is 95.1 Å². The molecule has 0 atom stereocenters. The fraction of sp³-hybridized carbons (Fsp3) is 0.0417. The molecule has 0 radical (unpaired) electrons. The molecule has 32 heavy (non-hydrogen) atoms. The summed E-state index contributed by atoms with van der Waals surface area (Å²) < 4.78 is 5.29. The predicted octanol–water partition coefficient (Wildman–Crippen LogP) is 6.20. The van der Waals surface area contributed by atoms with Gasteiger partial charge in [-0.1, -0.05) is 53.2 Å². The van der Waals surface area contributed by atoms with Gasteiger partial charge in [-0.3, -0.25) is 4.79 Å². The summed E-state index contributed by atoms with van der Waals surface area (Å²) in [6, 6.07) is 22.6. The van der Waals surface area contributed by atoms with Crippen LogP contribution in [0.5, 0.6) is 0 Å². The number of para-hydroxylation sites is 1. The topological polar surface area (TPSA) is 96.3 Å². The molecule has 0 saturated heterocycles. The highest BCUT2D eigenvalue weighted by Gasteiger charge is 2.15. The number of aromatic nitrogens is 1. The van der Waals surface area contributed by atoms with E-state index in [4.69, 9.17) is 16.1 Å². The first-order chi connectivity index (χ1) is 15.5. The van der Waals surface area contributed by atoms with Crippen molar-refractivity contribution in [1.82, 2.24) is 5.16 Å². The fourth-order valence-electron chi connectivity index (χ4n) is 3.00. The van der Waals surface area contributed by atoms with E-state index in [0.29, 0.717) is 27.8 Å². The Labute approximate surface area is 189 Å². The lowest BCUT2D eigenvalue weighted by molar-refractivity contribution is 0.101. The van der Waals surface area contributed by atoms with E-state index in [0.717, 1.165) is 11.1 Å². The number of nitrogens with zero attached hydrogens (tertiary/aromatic N) is 1. The molecular formula is C24H19ClN4O3. The summed E-state index contributed by atoms with van der Waals surface area (Å²) in [5.41, 5.74) is 3.41. The second-order valence-corrected chi connectivity index (χ2v) is 7.45. The van der Waals surface area contributed by atoms with Crippen LogP contribution in [0.1, 0.15) is 16.1 Å². The summed E-state index contributed by atoms with van der Waals surface area (Å²) in [6.45, 7) is 1.85. The first-order valence-electron chi connectivity index (χ1n) is 9.75. The molecule has 0 aliphatic rings. The van der Waals surface area contributed by atoms with Crippen molar-refractivity contribution in [2.24, 2.45) is 0 Å². The number of amides is 3. The van der Waals surface area contributed by atoms with Gasteiger partial charge in [0, 0.05) is 33.7 Å². The van der Waals surface area contributed by atoms with Crippen molar-refractivity contribution in [3.8, 4) is 11.3 Å². The first-order valence-corrected chi connectivity index (χ1v) is 10.1. The number of nitrogens with one attached hydrogen (secondary N) is 3. The van der Waals surface area contributed by atoms with Crippen LogP contribution < -0.4 is 16.0 Å². The quantitative estimate of drug-likeness (QED) is 0.340. The number of benzene rings is 3. The monoisotopic (exact) mass is 446 g/mol. The van der Waals surface area contributed by atoms with Gasteiger partial charge in [-0.15, -0.1) is 0 Å². The van der Waals surface area contributed by atoms with Crippen LogP contribution in [0.4, 0.5) is 21.9 Å². The fourth-order valence-corrected chi connectivity index (χ4v) is 3.19. The zero-order valence-corrected chi connectivity index (χ0v) is 17.8. The van der Waals surface area contributed by atoms with Crippen LogP contribution in [0.25, 0.3) is 11.3 Å². The Kier molecular flexibility index (Phi) is 6.19. The van der Waals surface area contributed by atoms with Crippen LogP contribution in [0, 0.1) is 6.92 Å². The van der Waals surface area contributed by atoms with Gasteiger partial charge in [-0.05, 0) is 48.9 Å². The number of halogens is 1. The lowest BCUT2D eigenvalue weighted by Crippen LogP contribution is -2.19. The average molecular weight is 447 g/mol. The zero-order valence-electron chi connectivity index (χ0n) is 17.1. The maximum Gasteiger partial charge on any atom is 0.323 e. The maximum absolute atomic E-state index is 12.7. The van der Waals surface area contributed by atoms with Gasteiger partial charge in [-0.2, -0.15) is 0 Å². The highest BCUT2D eigenvalue weighted by molar-refractivity contribution is 6.30. The Morgan fingerprint density at radius 2 is 1.62 bits per heavy atom. The number of rotatable bonds is 5. The van der Waals surface area contributed by atoms with Gasteiger partial charge in [0.15, 0.2) is 11.5 Å². The van der Waals surface area contributed by atoms with Crippen LogP contribution in [0.3, 0.4) is 0 Å². The normalized spacial score (nSPS) is 10.4. The van der Waals surface area contributed by atoms with Crippen molar-refractivity contribution in [3.63, 3.8) is 0 Å². The predicted molar refractivity (Wildman–Crippen MR) is 125 cm³/mol. The third kappa shape index (κ3) is 5.14. The molecule has 0 spiro atoms. The molecule has 1 heterocycles.